The van der Waals surface area contributed by atoms with E-state index < -0.39 is 0 Å². The van der Waals surface area contributed by atoms with Crippen LogP contribution in [0.5, 0.6) is 0 Å². The monoisotopic (exact) mass is 325 g/mol. The Morgan fingerprint density at radius 2 is 1.95 bits per heavy atom. The van der Waals surface area contributed by atoms with Crippen molar-refractivity contribution in [2.24, 2.45) is 0 Å². The molecule has 0 aliphatic rings. The molecule has 0 aliphatic heterocycles. The Morgan fingerprint density at radius 3 is 2.65 bits per heavy atom. The molecule has 0 saturated heterocycles. The predicted octanol–water partition coefficient (Wildman–Crippen LogP) is 4.25. The average Bonchev–Trinajstić information content (AvgIpc) is 2.79. The van der Waals surface area contributed by atoms with Crippen molar-refractivity contribution in [3.63, 3.8) is 0 Å². The van der Waals surface area contributed by atoms with Crippen molar-refractivity contribution in [1.29, 1.82) is 5.26 Å². The highest BCUT2D eigenvalue weighted by Gasteiger charge is 2.14. The molecule has 0 saturated carbocycles. The SMILES string of the molecule is Cc1ccc(-c2nc3ccc(Br)cn3c2C#N)cc1C. The minimum absolute atomic E-state index is 0.560. The molecule has 0 amide bonds. The molecule has 2 aromatic heterocycles. The van der Waals surface area contributed by atoms with E-state index in [1.165, 1.54) is 11.1 Å². The summed E-state index contributed by atoms with van der Waals surface area (Å²) in [5.41, 5.74) is 5.48. The number of halogens is 1. The first-order chi connectivity index (χ1) is 9.60. The summed E-state index contributed by atoms with van der Waals surface area (Å²) in [4.78, 5) is 4.59. The summed E-state index contributed by atoms with van der Waals surface area (Å²) in [6, 6.07) is 12.2. The summed E-state index contributed by atoms with van der Waals surface area (Å²) < 4.78 is 2.74. The number of nitrogens with zero attached hydrogens (tertiary/aromatic N) is 3. The Balaban J connectivity index is 2.31. The second-order valence-corrected chi connectivity index (χ2v) is 5.71. The third-order valence-corrected chi connectivity index (χ3v) is 3.94. The van der Waals surface area contributed by atoms with Crippen LogP contribution in [-0.4, -0.2) is 9.38 Å². The van der Waals surface area contributed by atoms with E-state index in [2.05, 4.69) is 53.0 Å². The van der Waals surface area contributed by atoms with Crippen molar-refractivity contribution >= 4 is 21.6 Å². The third-order valence-electron chi connectivity index (χ3n) is 3.47. The summed E-state index contributed by atoms with van der Waals surface area (Å²) >= 11 is 3.42. The van der Waals surface area contributed by atoms with Crippen molar-refractivity contribution in [2.75, 3.05) is 0 Å². The molecule has 0 radical (unpaired) electrons. The van der Waals surface area contributed by atoms with Gasteiger partial charge in [-0.1, -0.05) is 12.1 Å². The van der Waals surface area contributed by atoms with Gasteiger partial charge in [0.15, 0.2) is 5.69 Å². The number of benzene rings is 1. The maximum atomic E-state index is 9.46. The minimum atomic E-state index is 0.560. The third kappa shape index (κ3) is 2.00. The van der Waals surface area contributed by atoms with Crippen molar-refractivity contribution < 1.29 is 0 Å². The normalized spacial score (nSPS) is 10.7. The first-order valence-electron chi connectivity index (χ1n) is 6.25. The van der Waals surface area contributed by atoms with Crippen LogP contribution in [0.1, 0.15) is 16.8 Å². The Morgan fingerprint density at radius 1 is 1.15 bits per heavy atom. The van der Waals surface area contributed by atoms with Gasteiger partial charge in [-0.15, -0.1) is 0 Å². The highest BCUT2D eigenvalue weighted by atomic mass is 79.9. The fourth-order valence-electron chi connectivity index (χ4n) is 2.22. The van der Waals surface area contributed by atoms with Crippen LogP contribution < -0.4 is 0 Å². The maximum Gasteiger partial charge on any atom is 0.152 e. The summed E-state index contributed by atoms with van der Waals surface area (Å²) in [5, 5.41) is 9.46. The molecule has 0 unspecified atom stereocenters. The first-order valence-corrected chi connectivity index (χ1v) is 7.05. The molecule has 3 nitrogen and oxygen atoms in total. The molecular formula is C16H12BrN3. The molecule has 0 spiro atoms. The molecule has 0 atom stereocenters. The number of fused-ring (bicyclic) bond motifs is 1. The summed E-state index contributed by atoms with van der Waals surface area (Å²) in [7, 11) is 0. The van der Waals surface area contributed by atoms with Crippen LogP contribution in [0.25, 0.3) is 16.9 Å². The average molecular weight is 326 g/mol. The van der Waals surface area contributed by atoms with E-state index in [1.54, 1.807) is 0 Å². The van der Waals surface area contributed by atoms with Gasteiger partial charge in [-0.3, -0.25) is 4.40 Å². The molecule has 0 fully saturated rings. The smallest absolute Gasteiger partial charge is 0.152 e. The molecule has 1 aromatic carbocycles. The van der Waals surface area contributed by atoms with E-state index in [9.17, 15) is 5.26 Å². The van der Waals surface area contributed by atoms with Crippen molar-refractivity contribution in [3.05, 3.63) is 57.8 Å². The number of pyridine rings is 1. The van der Waals surface area contributed by atoms with Crippen LogP contribution in [0.4, 0.5) is 0 Å². The van der Waals surface area contributed by atoms with Crippen molar-refractivity contribution in [3.8, 4) is 17.3 Å². The number of aromatic nitrogens is 2. The lowest BCUT2D eigenvalue weighted by atomic mass is 10.0. The van der Waals surface area contributed by atoms with Gasteiger partial charge in [0.1, 0.15) is 17.4 Å². The van der Waals surface area contributed by atoms with E-state index in [0.29, 0.717) is 5.69 Å². The number of imidazole rings is 1. The lowest BCUT2D eigenvalue weighted by Crippen LogP contribution is -1.89. The molecule has 20 heavy (non-hydrogen) atoms. The zero-order valence-corrected chi connectivity index (χ0v) is 12.8. The molecule has 0 N–H and O–H groups in total. The summed E-state index contributed by atoms with van der Waals surface area (Å²) in [5.74, 6) is 0. The lowest BCUT2D eigenvalue weighted by molar-refractivity contribution is 1.14. The highest BCUT2D eigenvalue weighted by Crippen LogP contribution is 2.26. The van der Waals surface area contributed by atoms with Gasteiger partial charge in [-0.05, 0) is 59.1 Å². The largest absolute Gasteiger partial charge is 0.290 e. The Hall–Kier alpha value is -2.12. The number of hydrogen-bond acceptors (Lipinski definition) is 2. The second-order valence-electron chi connectivity index (χ2n) is 4.80. The van der Waals surface area contributed by atoms with E-state index >= 15 is 0 Å². The molecule has 0 aliphatic carbocycles. The van der Waals surface area contributed by atoms with Crippen LogP contribution in [0, 0.1) is 25.2 Å². The first kappa shape index (κ1) is 12.9. The molecule has 2 heterocycles. The lowest BCUT2D eigenvalue weighted by Gasteiger charge is -2.03. The fraction of sp³-hybridized carbons (Fsp3) is 0.125. The van der Waals surface area contributed by atoms with E-state index in [-0.39, 0.29) is 0 Å². The zero-order valence-electron chi connectivity index (χ0n) is 11.2. The van der Waals surface area contributed by atoms with E-state index in [0.717, 1.165) is 21.4 Å². The number of rotatable bonds is 1. The zero-order chi connectivity index (χ0) is 14.3. The Bertz CT molecular complexity index is 856. The van der Waals surface area contributed by atoms with Crippen molar-refractivity contribution in [1.82, 2.24) is 9.38 Å². The Kier molecular flexibility index (Phi) is 3.07. The van der Waals surface area contributed by atoms with Crippen LogP contribution in [0.2, 0.25) is 0 Å². The standard InChI is InChI=1S/C16H12BrN3/c1-10-3-4-12(7-11(10)2)16-14(8-18)20-9-13(17)5-6-15(20)19-16/h3-7,9H,1-2H3. The fourth-order valence-corrected chi connectivity index (χ4v) is 2.55. The molecule has 0 bridgehead atoms. The van der Waals surface area contributed by atoms with Gasteiger partial charge < -0.3 is 0 Å². The molecular weight excluding hydrogens is 314 g/mol. The molecule has 4 heteroatoms. The topological polar surface area (TPSA) is 41.1 Å². The highest BCUT2D eigenvalue weighted by molar-refractivity contribution is 9.10. The molecule has 3 aromatic rings. The van der Waals surface area contributed by atoms with Gasteiger partial charge in [0.25, 0.3) is 0 Å². The van der Waals surface area contributed by atoms with Crippen LogP contribution >= 0.6 is 15.9 Å². The van der Waals surface area contributed by atoms with Gasteiger partial charge in [0.2, 0.25) is 0 Å². The van der Waals surface area contributed by atoms with E-state index in [4.69, 9.17) is 0 Å². The predicted molar refractivity (Wildman–Crippen MR) is 82.5 cm³/mol. The number of nitriles is 1. The van der Waals surface area contributed by atoms with Crippen LogP contribution in [0.15, 0.2) is 41.0 Å². The minimum Gasteiger partial charge on any atom is -0.290 e. The van der Waals surface area contributed by atoms with Gasteiger partial charge in [0.05, 0.1) is 0 Å². The van der Waals surface area contributed by atoms with Gasteiger partial charge in [-0.2, -0.15) is 5.26 Å². The second kappa shape index (κ2) is 4.77. The van der Waals surface area contributed by atoms with Crippen LogP contribution in [-0.2, 0) is 0 Å². The van der Waals surface area contributed by atoms with E-state index in [1.807, 2.05) is 28.8 Å². The molecule has 3 rings (SSSR count). The summed E-state index contributed by atoms with van der Waals surface area (Å²) in [6.07, 6.45) is 1.87. The van der Waals surface area contributed by atoms with Gasteiger partial charge in [0, 0.05) is 16.2 Å². The maximum absolute atomic E-state index is 9.46. The number of aryl methyl sites for hydroxylation is 2. The summed E-state index contributed by atoms with van der Waals surface area (Å²) in [6.45, 7) is 4.14. The Labute approximate surface area is 125 Å². The van der Waals surface area contributed by atoms with Crippen molar-refractivity contribution in [2.45, 2.75) is 13.8 Å². The number of hydrogen-bond donors (Lipinski definition) is 0. The van der Waals surface area contributed by atoms with Gasteiger partial charge >= 0.3 is 0 Å². The molecule has 98 valence electrons. The van der Waals surface area contributed by atoms with Gasteiger partial charge in [-0.25, -0.2) is 4.98 Å². The van der Waals surface area contributed by atoms with Crippen LogP contribution in [0.3, 0.4) is 0 Å². The quantitative estimate of drug-likeness (QED) is 0.671.